The van der Waals surface area contributed by atoms with E-state index in [9.17, 15) is 0 Å². The maximum absolute atomic E-state index is 5.99. The smallest absolute Gasteiger partial charge is 0.400 e. The molecule has 0 unspecified atom stereocenters. The minimum absolute atomic E-state index is 0.310. The van der Waals surface area contributed by atoms with Crippen LogP contribution in [-0.4, -0.2) is 23.3 Å². The summed E-state index contributed by atoms with van der Waals surface area (Å²) >= 11 is 0. The summed E-state index contributed by atoms with van der Waals surface area (Å²) in [5.41, 5.74) is 1.70. The minimum Gasteiger partial charge on any atom is -0.400 e. The summed E-state index contributed by atoms with van der Waals surface area (Å²) in [4.78, 5) is 4.31. The van der Waals surface area contributed by atoms with Crippen LogP contribution in [0.5, 0.6) is 0 Å². The van der Waals surface area contributed by atoms with Gasteiger partial charge in [0.25, 0.3) is 0 Å². The van der Waals surface area contributed by atoms with Crippen molar-refractivity contribution >= 4 is 24.0 Å². The van der Waals surface area contributed by atoms with Gasteiger partial charge >= 0.3 is 7.12 Å². The van der Waals surface area contributed by atoms with Crippen molar-refractivity contribution in [3.05, 3.63) is 47.7 Å². The monoisotopic (exact) mass is 295 g/mol. The molecule has 0 amide bonds. The number of aryl methyl sites for hydroxylation is 1. The second-order valence-corrected chi connectivity index (χ2v) is 6.94. The molecule has 114 valence electrons. The van der Waals surface area contributed by atoms with Crippen molar-refractivity contribution in [3.8, 4) is 0 Å². The molecule has 0 spiro atoms. The lowest BCUT2D eigenvalue weighted by molar-refractivity contribution is 0.00578. The van der Waals surface area contributed by atoms with Gasteiger partial charge in [-0.2, -0.15) is 0 Å². The summed E-state index contributed by atoms with van der Waals surface area (Å²) < 4.78 is 12.0. The lowest BCUT2D eigenvalue weighted by Gasteiger charge is -2.32. The standard InChI is InChI=1S/C18H22BNO2/c1-13-6-7-14-11-20-12-15(16(14)10-13)8-9-19-21-17(2,3)18(4,5)22-19/h6-12H,1-5H3/b9-8+. The molecule has 2 aromatic rings. The van der Waals surface area contributed by atoms with Crippen molar-refractivity contribution in [2.45, 2.75) is 45.8 Å². The summed E-state index contributed by atoms with van der Waals surface area (Å²) in [5, 5.41) is 2.34. The third-order valence-electron chi connectivity index (χ3n) is 4.65. The average Bonchev–Trinajstić information content (AvgIpc) is 2.64. The van der Waals surface area contributed by atoms with Crippen LogP contribution in [0, 0.1) is 6.92 Å². The Labute approximate surface area is 132 Å². The minimum atomic E-state index is -0.329. The van der Waals surface area contributed by atoms with E-state index in [0.717, 1.165) is 10.9 Å². The molecular weight excluding hydrogens is 273 g/mol. The van der Waals surface area contributed by atoms with Gasteiger partial charge in [-0.1, -0.05) is 35.8 Å². The zero-order valence-electron chi connectivity index (χ0n) is 13.9. The van der Waals surface area contributed by atoms with Crippen LogP contribution in [0.2, 0.25) is 0 Å². The lowest BCUT2D eigenvalue weighted by atomic mass is 9.88. The van der Waals surface area contributed by atoms with E-state index in [1.165, 1.54) is 10.9 Å². The number of rotatable bonds is 2. The number of hydrogen-bond acceptors (Lipinski definition) is 3. The van der Waals surface area contributed by atoms with Crippen molar-refractivity contribution in [1.82, 2.24) is 4.98 Å². The third kappa shape index (κ3) is 2.69. The van der Waals surface area contributed by atoms with Crippen LogP contribution in [0.1, 0.15) is 38.8 Å². The Hall–Kier alpha value is -1.65. The van der Waals surface area contributed by atoms with Gasteiger partial charge in [0, 0.05) is 17.8 Å². The number of benzene rings is 1. The van der Waals surface area contributed by atoms with Gasteiger partial charge in [-0.15, -0.1) is 0 Å². The molecule has 0 bridgehead atoms. The number of fused-ring (bicyclic) bond motifs is 1. The van der Waals surface area contributed by atoms with E-state index in [2.05, 4.69) is 57.8 Å². The zero-order chi connectivity index (χ0) is 16.0. The van der Waals surface area contributed by atoms with Crippen molar-refractivity contribution in [2.24, 2.45) is 0 Å². The Bertz CT molecular complexity index is 721. The van der Waals surface area contributed by atoms with E-state index >= 15 is 0 Å². The largest absolute Gasteiger partial charge is 0.487 e. The summed E-state index contributed by atoms with van der Waals surface area (Å²) in [7, 11) is -0.329. The van der Waals surface area contributed by atoms with Crippen molar-refractivity contribution in [1.29, 1.82) is 0 Å². The Morgan fingerprint density at radius 2 is 1.73 bits per heavy atom. The second kappa shape index (κ2) is 5.22. The fourth-order valence-electron chi connectivity index (χ4n) is 2.58. The highest BCUT2D eigenvalue weighted by Gasteiger charge is 2.49. The molecule has 0 aliphatic carbocycles. The first kappa shape index (κ1) is 15.3. The molecule has 1 fully saturated rings. The molecule has 1 saturated heterocycles. The third-order valence-corrected chi connectivity index (χ3v) is 4.65. The zero-order valence-corrected chi connectivity index (χ0v) is 13.9. The number of nitrogens with zero attached hydrogens (tertiary/aromatic N) is 1. The molecule has 1 aromatic carbocycles. The maximum atomic E-state index is 5.99. The van der Waals surface area contributed by atoms with Gasteiger partial charge < -0.3 is 9.31 Å². The first-order chi connectivity index (χ1) is 10.3. The van der Waals surface area contributed by atoms with Gasteiger partial charge in [-0.3, -0.25) is 4.98 Å². The van der Waals surface area contributed by atoms with E-state index in [1.807, 2.05) is 24.4 Å². The molecule has 1 aliphatic heterocycles. The first-order valence-corrected chi connectivity index (χ1v) is 7.67. The van der Waals surface area contributed by atoms with Crippen molar-refractivity contribution in [3.63, 3.8) is 0 Å². The van der Waals surface area contributed by atoms with E-state index in [1.54, 1.807) is 0 Å². The summed E-state index contributed by atoms with van der Waals surface area (Å²) in [5.74, 6) is 1.97. The molecule has 0 saturated carbocycles. The highest BCUT2D eigenvalue weighted by Crippen LogP contribution is 2.37. The fraction of sp³-hybridized carbons (Fsp3) is 0.389. The van der Waals surface area contributed by atoms with Gasteiger partial charge in [-0.05, 0) is 45.6 Å². The van der Waals surface area contributed by atoms with E-state index in [4.69, 9.17) is 9.31 Å². The Balaban J connectivity index is 1.90. The summed E-state index contributed by atoms with van der Waals surface area (Å²) in [6.45, 7) is 10.3. The molecule has 4 heteroatoms. The van der Waals surface area contributed by atoms with Crippen LogP contribution in [0.3, 0.4) is 0 Å². The summed E-state index contributed by atoms with van der Waals surface area (Å²) in [6, 6.07) is 6.39. The Morgan fingerprint density at radius 1 is 1.05 bits per heavy atom. The molecule has 1 aliphatic rings. The van der Waals surface area contributed by atoms with Crippen LogP contribution < -0.4 is 0 Å². The molecule has 22 heavy (non-hydrogen) atoms. The SMILES string of the molecule is Cc1ccc2cncc(/C=C/B3OC(C)(C)C(C)(C)O3)c2c1. The van der Waals surface area contributed by atoms with Crippen LogP contribution >= 0.6 is 0 Å². The molecule has 3 nitrogen and oxygen atoms in total. The molecule has 2 heterocycles. The Kier molecular flexibility index (Phi) is 3.62. The van der Waals surface area contributed by atoms with Crippen molar-refractivity contribution < 1.29 is 9.31 Å². The predicted molar refractivity (Wildman–Crippen MR) is 91.6 cm³/mol. The number of pyridine rings is 1. The van der Waals surface area contributed by atoms with Crippen LogP contribution in [0.25, 0.3) is 16.8 Å². The average molecular weight is 295 g/mol. The van der Waals surface area contributed by atoms with Crippen LogP contribution in [0.15, 0.2) is 36.6 Å². The highest BCUT2D eigenvalue weighted by molar-refractivity contribution is 6.52. The lowest BCUT2D eigenvalue weighted by Crippen LogP contribution is -2.41. The summed E-state index contributed by atoms with van der Waals surface area (Å²) in [6.07, 6.45) is 5.81. The predicted octanol–water partition coefficient (Wildman–Crippen LogP) is 4.19. The Morgan fingerprint density at radius 3 is 2.41 bits per heavy atom. The maximum Gasteiger partial charge on any atom is 0.487 e. The quantitative estimate of drug-likeness (QED) is 0.779. The van der Waals surface area contributed by atoms with Crippen LogP contribution in [0.4, 0.5) is 0 Å². The van der Waals surface area contributed by atoms with Gasteiger partial charge in [-0.25, -0.2) is 0 Å². The molecule has 0 radical (unpaired) electrons. The highest BCUT2D eigenvalue weighted by atomic mass is 16.7. The molecular formula is C18H22BNO2. The molecule has 0 atom stereocenters. The van der Waals surface area contributed by atoms with Gasteiger partial charge in [0.2, 0.25) is 0 Å². The van der Waals surface area contributed by atoms with Crippen LogP contribution in [-0.2, 0) is 9.31 Å². The molecule has 3 rings (SSSR count). The van der Waals surface area contributed by atoms with Gasteiger partial charge in [0.1, 0.15) is 0 Å². The topological polar surface area (TPSA) is 31.4 Å². The van der Waals surface area contributed by atoms with E-state index in [0.29, 0.717) is 0 Å². The fourth-order valence-corrected chi connectivity index (χ4v) is 2.58. The normalized spacial score (nSPS) is 20.1. The van der Waals surface area contributed by atoms with E-state index in [-0.39, 0.29) is 18.3 Å². The second-order valence-electron chi connectivity index (χ2n) is 6.94. The number of hydrogen-bond donors (Lipinski definition) is 0. The van der Waals surface area contributed by atoms with Gasteiger partial charge in [0.15, 0.2) is 0 Å². The number of aromatic nitrogens is 1. The first-order valence-electron chi connectivity index (χ1n) is 7.67. The molecule has 1 aromatic heterocycles. The van der Waals surface area contributed by atoms with Crippen molar-refractivity contribution in [2.75, 3.05) is 0 Å². The molecule has 0 N–H and O–H groups in total. The van der Waals surface area contributed by atoms with E-state index < -0.39 is 0 Å². The van der Waals surface area contributed by atoms with Gasteiger partial charge in [0.05, 0.1) is 11.2 Å².